The topological polar surface area (TPSA) is 71.3 Å². The minimum absolute atomic E-state index is 0.00917. The molecule has 1 aromatic heterocycles. The van der Waals surface area contributed by atoms with Crippen molar-refractivity contribution in [3.8, 4) is 0 Å². The molecule has 0 aromatic carbocycles. The van der Waals surface area contributed by atoms with Crippen molar-refractivity contribution in [1.29, 1.82) is 0 Å². The molecule has 2 atom stereocenters. The molecule has 1 heterocycles. The van der Waals surface area contributed by atoms with Gasteiger partial charge in [0.25, 0.3) is 10.0 Å². The summed E-state index contributed by atoms with van der Waals surface area (Å²) in [6.45, 7) is 2.64. The fourth-order valence-electron chi connectivity index (χ4n) is 2.11. The largest absolute Gasteiger partial charge is 0.447 e. The lowest BCUT2D eigenvalue weighted by Crippen LogP contribution is -2.26. The minimum Gasteiger partial charge on any atom is -0.447 e. The van der Waals surface area contributed by atoms with Crippen LogP contribution in [0.3, 0.4) is 0 Å². The third-order valence-electron chi connectivity index (χ3n) is 3.14. The molecule has 0 aliphatic heterocycles. The molecule has 1 saturated carbocycles. The third kappa shape index (κ3) is 3.13. The van der Waals surface area contributed by atoms with Crippen molar-refractivity contribution in [2.45, 2.75) is 43.9 Å². The van der Waals surface area contributed by atoms with Gasteiger partial charge in [-0.05, 0) is 37.9 Å². The Labute approximate surface area is 108 Å². The number of sulfonamides is 1. The number of rotatable bonds is 7. The van der Waals surface area contributed by atoms with Crippen LogP contribution in [0.1, 0.15) is 31.9 Å². The fourth-order valence-corrected chi connectivity index (χ4v) is 3.38. The van der Waals surface area contributed by atoms with Crippen LogP contribution in [0, 0.1) is 5.92 Å². The SMILES string of the molecule is CCCC1CC1NS(=O)(=O)c1ccc(CNC)o1. The van der Waals surface area contributed by atoms with Crippen molar-refractivity contribution in [3.05, 3.63) is 17.9 Å². The van der Waals surface area contributed by atoms with E-state index in [1.165, 1.54) is 6.07 Å². The van der Waals surface area contributed by atoms with Gasteiger partial charge >= 0.3 is 0 Å². The minimum atomic E-state index is -3.49. The van der Waals surface area contributed by atoms with E-state index in [1.807, 2.05) is 0 Å². The van der Waals surface area contributed by atoms with E-state index in [2.05, 4.69) is 17.0 Å². The Kier molecular flexibility index (Phi) is 4.09. The van der Waals surface area contributed by atoms with E-state index in [9.17, 15) is 8.42 Å². The molecule has 1 aromatic rings. The molecule has 1 aliphatic carbocycles. The van der Waals surface area contributed by atoms with Crippen LogP contribution in [0.5, 0.6) is 0 Å². The predicted molar refractivity (Wildman–Crippen MR) is 68.6 cm³/mol. The van der Waals surface area contributed by atoms with E-state index in [-0.39, 0.29) is 11.1 Å². The Morgan fingerprint density at radius 2 is 2.22 bits per heavy atom. The van der Waals surface area contributed by atoms with E-state index in [4.69, 9.17) is 4.42 Å². The fraction of sp³-hybridized carbons (Fsp3) is 0.667. The van der Waals surface area contributed by atoms with Gasteiger partial charge in [0.05, 0.1) is 6.54 Å². The van der Waals surface area contributed by atoms with Crippen LogP contribution in [0.15, 0.2) is 21.6 Å². The average Bonchev–Trinajstić information content (AvgIpc) is 2.84. The van der Waals surface area contributed by atoms with Crippen molar-refractivity contribution < 1.29 is 12.8 Å². The van der Waals surface area contributed by atoms with E-state index in [1.54, 1.807) is 13.1 Å². The van der Waals surface area contributed by atoms with Crippen LogP contribution in [0.2, 0.25) is 0 Å². The summed E-state index contributed by atoms with van der Waals surface area (Å²) in [5.74, 6) is 1.12. The van der Waals surface area contributed by atoms with E-state index >= 15 is 0 Å². The number of nitrogens with one attached hydrogen (secondary N) is 2. The summed E-state index contributed by atoms with van der Waals surface area (Å²) in [4.78, 5) is 0. The zero-order chi connectivity index (χ0) is 13.2. The van der Waals surface area contributed by atoms with Gasteiger partial charge in [0, 0.05) is 6.04 Å². The van der Waals surface area contributed by atoms with Crippen molar-refractivity contribution in [3.63, 3.8) is 0 Å². The van der Waals surface area contributed by atoms with Crippen LogP contribution in [-0.2, 0) is 16.6 Å². The second-order valence-corrected chi connectivity index (χ2v) is 6.41. The zero-order valence-electron chi connectivity index (χ0n) is 10.8. The van der Waals surface area contributed by atoms with Gasteiger partial charge in [0.15, 0.2) is 0 Å². The highest BCUT2D eigenvalue weighted by atomic mass is 32.2. The van der Waals surface area contributed by atoms with Gasteiger partial charge in [0.2, 0.25) is 5.09 Å². The monoisotopic (exact) mass is 272 g/mol. The Bertz CT molecular complexity index is 495. The van der Waals surface area contributed by atoms with Crippen LogP contribution in [0.25, 0.3) is 0 Å². The van der Waals surface area contributed by atoms with Crippen LogP contribution >= 0.6 is 0 Å². The second kappa shape index (κ2) is 5.42. The molecule has 2 N–H and O–H groups in total. The molecule has 102 valence electrons. The van der Waals surface area contributed by atoms with Crippen molar-refractivity contribution >= 4 is 10.0 Å². The first kappa shape index (κ1) is 13.6. The van der Waals surface area contributed by atoms with Crippen molar-refractivity contribution in [1.82, 2.24) is 10.0 Å². The molecule has 0 bridgehead atoms. The normalized spacial score (nSPS) is 23.2. The molecule has 6 heteroatoms. The molecule has 1 fully saturated rings. The number of hydrogen-bond donors (Lipinski definition) is 2. The molecule has 5 nitrogen and oxygen atoms in total. The number of furan rings is 1. The lowest BCUT2D eigenvalue weighted by atomic mass is 10.2. The summed E-state index contributed by atoms with van der Waals surface area (Å²) in [5, 5.41) is 2.93. The standard InChI is InChI=1S/C12H20N2O3S/c1-3-4-9-7-11(9)14-18(15,16)12-6-5-10(17-12)8-13-2/h5-6,9,11,13-14H,3-4,7-8H2,1-2H3. The molecule has 0 amide bonds. The first-order valence-corrected chi connectivity index (χ1v) is 7.80. The van der Waals surface area contributed by atoms with Crippen molar-refractivity contribution in [2.24, 2.45) is 5.92 Å². The van der Waals surface area contributed by atoms with Gasteiger partial charge in [0.1, 0.15) is 5.76 Å². The smallest absolute Gasteiger partial charge is 0.274 e. The Balaban J connectivity index is 1.98. The molecule has 18 heavy (non-hydrogen) atoms. The summed E-state index contributed by atoms with van der Waals surface area (Å²) in [6.07, 6.45) is 3.11. The van der Waals surface area contributed by atoms with Gasteiger partial charge in [-0.1, -0.05) is 13.3 Å². The van der Waals surface area contributed by atoms with E-state index in [0.29, 0.717) is 18.2 Å². The van der Waals surface area contributed by atoms with Crippen LogP contribution in [-0.4, -0.2) is 21.5 Å². The van der Waals surface area contributed by atoms with Gasteiger partial charge in [-0.25, -0.2) is 13.1 Å². The molecule has 2 rings (SSSR count). The Hall–Kier alpha value is -0.850. The predicted octanol–water partition coefficient (Wildman–Crippen LogP) is 1.47. The van der Waals surface area contributed by atoms with Crippen molar-refractivity contribution in [2.75, 3.05) is 7.05 Å². The molecule has 2 unspecified atom stereocenters. The lowest BCUT2D eigenvalue weighted by Gasteiger charge is -2.03. The summed E-state index contributed by atoms with van der Waals surface area (Å²) in [6, 6.07) is 3.28. The van der Waals surface area contributed by atoms with Gasteiger partial charge in [-0.2, -0.15) is 0 Å². The van der Waals surface area contributed by atoms with Gasteiger partial charge < -0.3 is 9.73 Å². The average molecular weight is 272 g/mol. The highest BCUT2D eigenvalue weighted by Gasteiger charge is 2.39. The quantitative estimate of drug-likeness (QED) is 0.788. The van der Waals surface area contributed by atoms with Gasteiger partial charge in [-0.3, -0.25) is 0 Å². The van der Waals surface area contributed by atoms with Crippen LogP contribution < -0.4 is 10.0 Å². The first-order chi connectivity index (χ1) is 8.56. The highest BCUT2D eigenvalue weighted by molar-refractivity contribution is 7.89. The summed E-state index contributed by atoms with van der Waals surface area (Å²) in [7, 11) is -1.70. The summed E-state index contributed by atoms with van der Waals surface area (Å²) in [5.41, 5.74) is 0. The molecule has 1 aliphatic rings. The summed E-state index contributed by atoms with van der Waals surface area (Å²) < 4.78 is 32.0. The Morgan fingerprint density at radius 3 is 2.89 bits per heavy atom. The number of hydrogen-bond acceptors (Lipinski definition) is 4. The summed E-state index contributed by atoms with van der Waals surface area (Å²) >= 11 is 0. The molecule has 0 saturated heterocycles. The van der Waals surface area contributed by atoms with Gasteiger partial charge in [-0.15, -0.1) is 0 Å². The first-order valence-electron chi connectivity index (χ1n) is 6.32. The van der Waals surface area contributed by atoms with E-state index < -0.39 is 10.0 Å². The lowest BCUT2D eigenvalue weighted by molar-refractivity contribution is 0.404. The molecule has 0 spiro atoms. The van der Waals surface area contributed by atoms with Crippen LogP contribution in [0.4, 0.5) is 0 Å². The third-order valence-corrected chi connectivity index (χ3v) is 4.50. The zero-order valence-corrected chi connectivity index (χ0v) is 11.6. The second-order valence-electron chi connectivity index (χ2n) is 4.76. The maximum atomic E-state index is 12.0. The Morgan fingerprint density at radius 1 is 1.44 bits per heavy atom. The van der Waals surface area contributed by atoms with E-state index in [0.717, 1.165) is 19.3 Å². The molecular formula is C12H20N2O3S. The maximum Gasteiger partial charge on any atom is 0.274 e. The molecular weight excluding hydrogens is 252 g/mol. The molecule has 0 radical (unpaired) electrons. The highest BCUT2D eigenvalue weighted by Crippen LogP contribution is 2.35. The maximum absolute atomic E-state index is 12.0.